The molecule has 2 rings (SSSR count). The van der Waals surface area contributed by atoms with Gasteiger partial charge in [-0.3, -0.25) is 0 Å². The normalized spacial score (nSPS) is 36.8. The number of alkyl halides is 2. The largest absolute Gasteiger partial charge is 0.121 e. The molecule has 0 aromatic rings. The maximum absolute atomic E-state index is 5.90. The Bertz CT molecular complexity index is 170. The Kier molecular flexibility index (Phi) is 1.71. The van der Waals surface area contributed by atoms with E-state index in [2.05, 4.69) is 13.3 Å². The molecular weight excluding hydrogens is 179 g/mol. The third kappa shape index (κ3) is 1.84. The van der Waals surface area contributed by atoms with E-state index >= 15 is 0 Å². The molecule has 0 spiro atoms. The summed E-state index contributed by atoms with van der Waals surface area (Å²) in [4.78, 5) is 0. The summed E-state index contributed by atoms with van der Waals surface area (Å²) >= 11 is 11.8. The van der Waals surface area contributed by atoms with E-state index in [0.717, 1.165) is 12.8 Å². The van der Waals surface area contributed by atoms with E-state index in [0.29, 0.717) is 11.3 Å². The van der Waals surface area contributed by atoms with E-state index < -0.39 is 0 Å². The first kappa shape index (κ1) is 8.19. The molecule has 0 aliphatic heterocycles. The van der Waals surface area contributed by atoms with Crippen LogP contribution < -0.4 is 0 Å². The van der Waals surface area contributed by atoms with Gasteiger partial charge in [-0.15, -0.1) is 23.2 Å². The zero-order valence-corrected chi connectivity index (χ0v) is 8.25. The molecule has 0 aromatic carbocycles. The molecule has 2 fully saturated rings. The predicted octanol–water partition coefficient (Wildman–Crippen LogP) is 3.57. The highest BCUT2D eigenvalue weighted by Gasteiger charge is 2.52. The standard InChI is InChI=1S/C9H13Cl2/c1-8(4-5-8)3-2-7-6-9(7,10)11/h3,7H,2,4-6H2,1H3. The van der Waals surface area contributed by atoms with Crippen LogP contribution in [0.3, 0.4) is 0 Å². The topological polar surface area (TPSA) is 0 Å². The molecule has 0 saturated heterocycles. The first-order chi connectivity index (χ1) is 5.02. The maximum Gasteiger partial charge on any atom is 0.121 e. The van der Waals surface area contributed by atoms with Crippen LogP contribution in [0.4, 0.5) is 0 Å². The molecule has 0 N–H and O–H groups in total. The van der Waals surface area contributed by atoms with Crippen molar-refractivity contribution in [3.63, 3.8) is 0 Å². The molecule has 2 aliphatic rings. The second kappa shape index (κ2) is 2.29. The van der Waals surface area contributed by atoms with E-state index in [9.17, 15) is 0 Å². The lowest BCUT2D eigenvalue weighted by Crippen LogP contribution is -1.97. The van der Waals surface area contributed by atoms with E-state index in [1.54, 1.807) is 0 Å². The average Bonchev–Trinajstić information content (AvgIpc) is 2.72. The second-order valence-electron chi connectivity index (χ2n) is 4.26. The van der Waals surface area contributed by atoms with E-state index in [-0.39, 0.29) is 4.33 Å². The van der Waals surface area contributed by atoms with E-state index in [4.69, 9.17) is 23.2 Å². The molecule has 1 unspecified atom stereocenters. The van der Waals surface area contributed by atoms with Crippen LogP contribution in [0.15, 0.2) is 0 Å². The summed E-state index contributed by atoms with van der Waals surface area (Å²) < 4.78 is -0.373. The minimum Gasteiger partial charge on any atom is -0.101 e. The molecule has 2 aliphatic carbocycles. The van der Waals surface area contributed by atoms with Gasteiger partial charge in [-0.05, 0) is 43.4 Å². The van der Waals surface area contributed by atoms with Gasteiger partial charge in [0, 0.05) is 0 Å². The number of hydrogen-bond acceptors (Lipinski definition) is 0. The van der Waals surface area contributed by atoms with Crippen molar-refractivity contribution in [2.24, 2.45) is 11.3 Å². The zero-order chi connectivity index (χ0) is 8.11. The number of hydrogen-bond donors (Lipinski definition) is 0. The van der Waals surface area contributed by atoms with Gasteiger partial charge in [0.25, 0.3) is 0 Å². The van der Waals surface area contributed by atoms with Crippen LogP contribution in [0.25, 0.3) is 0 Å². The fraction of sp³-hybridized carbons (Fsp3) is 0.889. The Morgan fingerprint density at radius 3 is 2.36 bits per heavy atom. The lowest BCUT2D eigenvalue weighted by atomic mass is 10.0. The lowest BCUT2D eigenvalue weighted by molar-refractivity contribution is 0.607. The van der Waals surface area contributed by atoms with Crippen molar-refractivity contribution in [1.29, 1.82) is 0 Å². The molecule has 2 saturated carbocycles. The van der Waals surface area contributed by atoms with Gasteiger partial charge in [0.1, 0.15) is 4.33 Å². The first-order valence-electron chi connectivity index (χ1n) is 4.24. The van der Waals surface area contributed by atoms with Gasteiger partial charge in [0.15, 0.2) is 0 Å². The first-order valence-corrected chi connectivity index (χ1v) is 5.00. The van der Waals surface area contributed by atoms with Crippen LogP contribution in [-0.2, 0) is 0 Å². The monoisotopic (exact) mass is 191 g/mol. The van der Waals surface area contributed by atoms with Crippen molar-refractivity contribution >= 4 is 23.2 Å². The molecular formula is C9H13Cl2. The summed E-state index contributed by atoms with van der Waals surface area (Å²) in [5.41, 5.74) is 0.548. The molecule has 0 amide bonds. The highest BCUT2D eigenvalue weighted by molar-refractivity contribution is 6.50. The van der Waals surface area contributed by atoms with Crippen LogP contribution in [0, 0.1) is 17.8 Å². The number of rotatable bonds is 3. The zero-order valence-electron chi connectivity index (χ0n) is 6.74. The summed E-state index contributed by atoms with van der Waals surface area (Å²) in [6.45, 7) is 2.31. The Balaban J connectivity index is 1.69. The minimum atomic E-state index is -0.373. The number of halogens is 2. The Hall–Kier alpha value is 0.580. The lowest BCUT2D eigenvalue weighted by Gasteiger charge is -2.06. The predicted molar refractivity (Wildman–Crippen MR) is 48.8 cm³/mol. The smallest absolute Gasteiger partial charge is 0.101 e. The highest BCUT2D eigenvalue weighted by Crippen LogP contribution is 2.58. The highest BCUT2D eigenvalue weighted by atomic mass is 35.5. The molecule has 0 heterocycles. The Morgan fingerprint density at radius 2 is 2.00 bits per heavy atom. The SMILES string of the molecule is CC1([CH]CC2CC2(Cl)Cl)CC1. The van der Waals surface area contributed by atoms with E-state index in [1.807, 2.05) is 0 Å². The third-order valence-corrected chi connectivity index (χ3v) is 3.82. The third-order valence-electron chi connectivity index (χ3n) is 2.89. The van der Waals surface area contributed by atoms with Crippen LogP contribution >= 0.6 is 23.2 Å². The fourth-order valence-corrected chi connectivity index (χ4v) is 1.90. The van der Waals surface area contributed by atoms with Crippen molar-refractivity contribution in [2.45, 2.75) is 36.9 Å². The molecule has 0 bridgehead atoms. The summed E-state index contributed by atoms with van der Waals surface area (Å²) in [5, 5.41) is 0. The Morgan fingerprint density at radius 1 is 1.45 bits per heavy atom. The van der Waals surface area contributed by atoms with Crippen molar-refractivity contribution in [3.8, 4) is 0 Å². The van der Waals surface area contributed by atoms with Gasteiger partial charge in [-0.1, -0.05) is 6.92 Å². The van der Waals surface area contributed by atoms with Crippen LogP contribution in [0.1, 0.15) is 32.6 Å². The second-order valence-corrected chi connectivity index (χ2v) is 5.80. The van der Waals surface area contributed by atoms with Crippen molar-refractivity contribution in [3.05, 3.63) is 6.42 Å². The van der Waals surface area contributed by atoms with Crippen LogP contribution in [0.5, 0.6) is 0 Å². The summed E-state index contributed by atoms with van der Waals surface area (Å²) in [5.74, 6) is 0.545. The molecule has 63 valence electrons. The van der Waals surface area contributed by atoms with Crippen LogP contribution in [-0.4, -0.2) is 4.33 Å². The van der Waals surface area contributed by atoms with Gasteiger partial charge in [-0.2, -0.15) is 0 Å². The van der Waals surface area contributed by atoms with Gasteiger partial charge in [0.05, 0.1) is 0 Å². The van der Waals surface area contributed by atoms with Gasteiger partial charge < -0.3 is 0 Å². The minimum absolute atomic E-state index is 0.373. The van der Waals surface area contributed by atoms with Crippen molar-refractivity contribution in [2.75, 3.05) is 0 Å². The van der Waals surface area contributed by atoms with Crippen molar-refractivity contribution in [1.82, 2.24) is 0 Å². The van der Waals surface area contributed by atoms with Gasteiger partial charge in [-0.25, -0.2) is 0 Å². The molecule has 1 radical (unpaired) electrons. The van der Waals surface area contributed by atoms with Crippen molar-refractivity contribution < 1.29 is 0 Å². The maximum atomic E-state index is 5.90. The summed E-state index contributed by atoms with van der Waals surface area (Å²) in [7, 11) is 0. The molecule has 0 aromatic heterocycles. The van der Waals surface area contributed by atoms with E-state index in [1.165, 1.54) is 12.8 Å². The van der Waals surface area contributed by atoms with Gasteiger partial charge >= 0.3 is 0 Å². The molecule has 0 nitrogen and oxygen atoms in total. The average molecular weight is 192 g/mol. The molecule has 1 atom stereocenters. The Labute approximate surface area is 78.3 Å². The van der Waals surface area contributed by atoms with Crippen LogP contribution in [0.2, 0.25) is 0 Å². The summed E-state index contributed by atoms with van der Waals surface area (Å²) in [6.07, 6.45) is 7.23. The quantitative estimate of drug-likeness (QED) is 0.599. The molecule has 11 heavy (non-hydrogen) atoms. The van der Waals surface area contributed by atoms with Gasteiger partial charge in [0.2, 0.25) is 0 Å². The molecule has 2 heteroatoms. The summed E-state index contributed by atoms with van der Waals surface area (Å²) in [6, 6.07) is 0. The fourth-order valence-electron chi connectivity index (χ4n) is 1.35.